The molecule has 0 aliphatic heterocycles. The van der Waals surface area contributed by atoms with Gasteiger partial charge in [0.15, 0.2) is 5.76 Å². The molecule has 0 saturated carbocycles. The van der Waals surface area contributed by atoms with E-state index in [9.17, 15) is 9.90 Å². The maximum Gasteiger partial charge on any atom is 0.423 e. The van der Waals surface area contributed by atoms with Crippen LogP contribution in [0.3, 0.4) is 0 Å². The predicted octanol–water partition coefficient (Wildman–Crippen LogP) is 4.68. The molecule has 2 N–H and O–H groups in total. The lowest BCUT2D eigenvalue weighted by Crippen LogP contribution is -2.18. The number of oxazole rings is 1. The van der Waals surface area contributed by atoms with E-state index in [4.69, 9.17) is 9.15 Å². The summed E-state index contributed by atoms with van der Waals surface area (Å²) in [5, 5.41) is 13.5. The number of rotatable bonds is 6. The van der Waals surface area contributed by atoms with Crippen LogP contribution in [-0.2, 0) is 6.67 Å². The number of benzene rings is 3. The van der Waals surface area contributed by atoms with Gasteiger partial charge in [0, 0.05) is 11.3 Å². The van der Waals surface area contributed by atoms with Crippen molar-refractivity contribution >= 4 is 5.69 Å². The van der Waals surface area contributed by atoms with Gasteiger partial charge in [-0.25, -0.2) is 9.36 Å². The van der Waals surface area contributed by atoms with Crippen LogP contribution in [0.4, 0.5) is 5.69 Å². The molecule has 0 aliphatic carbocycles. The van der Waals surface area contributed by atoms with Gasteiger partial charge in [-0.1, -0.05) is 36.4 Å². The molecular formula is C22H18N2O4. The highest BCUT2D eigenvalue weighted by atomic mass is 16.5. The van der Waals surface area contributed by atoms with E-state index >= 15 is 0 Å². The van der Waals surface area contributed by atoms with Crippen LogP contribution in [0.5, 0.6) is 17.4 Å². The van der Waals surface area contributed by atoms with Gasteiger partial charge in [0.1, 0.15) is 18.2 Å². The molecule has 0 fully saturated rings. The molecule has 4 aromatic rings. The van der Waals surface area contributed by atoms with Crippen molar-refractivity contribution in [2.24, 2.45) is 0 Å². The normalized spacial score (nSPS) is 10.6. The summed E-state index contributed by atoms with van der Waals surface area (Å²) in [5.74, 6) is 0.613. The van der Waals surface area contributed by atoms with Gasteiger partial charge in [0.2, 0.25) is 5.88 Å². The third-order valence-corrected chi connectivity index (χ3v) is 4.18. The zero-order valence-electron chi connectivity index (χ0n) is 14.9. The number of aromatic nitrogens is 1. The molecule has 6 heteroatoms. The lowest BCUT2D eigenvalue weighted by molar-refractivity contribution is 0.421. The molecule has 0 amide bonds. The second-order valence-electron chi connectivity index (χ2n) is 6.09. The van der Waals surface area contributed by atoms with Crippen molar-refractivity contribution in [3.63, 3.8) is 0 Å². The highest BCUT2D eigenvalue weighted by Crippen LogP contribution is 2.30. The van der Waals surface area contributed by atoms with E-state index in [1.807, 2.05) is 60.7 Å². The summed E-state index contributed by atoms with van der Waals surface area (Å²) in [5.41, 5.74) is 1.41. The van der Waals surface area contributed by atoms with Crippen LogP contribution in [0.15, 0.2) is 94.1 Å². The topological polar surface area (TPSA) is 76.6 Å². The molecule has 6 nitrogen and oxygen atoms in total. The Morgan fingerprint density at radius 3 is 2.14 bits per heavy atom. The second kappa shape index (κ2) is 7.75. The van der Waals surface area contributed by atoms with E-state index in [-0.39, 0.29) is 18.3 Å². The Morgan fingerprint density at radius 2 is 1.46 bits per heavy atom. The lowest BCUT2D eigenvalue weighted by atomic mass is 10.2. The Labute approximate surface area is 161 Å². The lowest BCUT2D eigenvalue weighted by Gasteiger charge is -2.07. The maximum absolute atomic E-state index is 12.1. The summed E-state index contributed by atoms with van der Waals surface area (Å²) in [4.78, 5) is 12.1. The SMILES string of the molecule is O=c1oc(-c2ccc(Oc3ccccc3)cc2)c(O)n1CNc1ccccc1. The molecule has 1 aromatic heterocycles. The first-order valence-electron chi connectivity index (χ1n) is 8.75. The van der Waals surface area contributed by atoms with Crippen molar-refractivity contribution in [1.29, 1.82) is 0 Å². The quantitative estimate of drug-likeness (QED) is 0.513. The van der Waals surface area contributed by atoms with Crippen molar-refractivity contribution in [3.05, 3.63) is 95.5 Å². The molecular weight excluding hydrogens is 356 g/mol. The van der Waals surface area contributed by atoms with Gasteiger partial charge in [-0.2, -0.15) is 0 Å². The molecule has 0 spiro atoms. The standard InChI is InChI=1S/C22H18N2O4/c25-21-20(28-22(26)24(21)15-23-17-7-3-1-4-8-17)16-11-13-19(14-12-16)27-18-9-5-2-6-10-18/h1-14,23,25H,15H2. The molecule has 0 atom stereocenters. The number of hydrogen-bond acceptors (Lipinski definition) is 5. The van der Waals surface area contributed by atoms with Crippen LogP contribution in [0.1, 0.15) is 0 Å². The van der Waals surface area contributed by atoms with Gasteiger partial charge in [-0.3, -0.25) is 0 Å². The third kappa shape index (κ3) is 3.76. The molecule has 140 valence electrons. The summed E-state index contributed by atoms with van der Waals surface area (Å²) in [6.07, 6.45) is 0. The summed E-state index contributed by atoms with van der Waals surface area (Å²) >= 11 is 0. The number of ether oxygens (including phenoxy) is 1. The Morgan fingerprint density at radius 1 is 0.857 bits per heavy atom. The largest absolute Gasteiger partial charge is 0.492 e. The molecule has 0 saturated heterocycles. The molecule has 28 heavy (non-hydrogen) atoms. The number of nitrogens with zero attached hydrogens (tertiary/aromatic N) is 1. The number of hydrogen-bond donors (Lipinski definition) is 2. The van der Waals surface area contributed by atoms with Crippen LogP contribution in [0.2, 0.25) is 0 Å². The summed E-state index contributed by atoms with van der Waals surface area (Å²) in [7, 11) is 0. The predicted molar refractivity (Wildman–Crippen MR) is 107 cm³/mol. The van der Waals surface area contributed by atoms with Gasteiger partial charge in [0.05, 0.1) is 0 Å². The van der Waals surface area contributed by atoms with Crippen LogP contribution in [0.25, 0.3) is 11.3 Å². The zero-order valence-corrected chi connectivity index (χ0v) is 14.9. The highest BCUT2D eigenvalue weighted by Gasteiger charge is 2.17. The molecule has 1 heterocycles. The number of anilines is 1. The Hall–Kier alpha value is -3.93. The molecule has 4 rings (SSSR count). The van der Waals surface area contributed by atoms with Crippen molar-refractivity contribution < 1.29 is 14.3 Å². The van der Waals surface area contributed by atoms with Crippen molar-refractivity contribution in [2.45, 2.75) is 6.67 Å². The Bertz CT molecular complexity index is 1100. The minimum atomic E-state index is -0.638. The first-order chi connectivity index (χ1) is 13.7. The minimum absolute atomic E-state index is 0.0907. The van der Waals surface area contributed by atoms with Gasteiger partial charge >= 0.3 is 5.76 Å². The molecule has 0 aliphatic rings. The van der Waals surface area contributed by atoms with E-state index in [0.717, 1.165) is 16.0 Å². The van der Waals surface area contributed by atoms with Crippen molar-refractivity contribution in [1.82, 2.24) is 4.57 Å². The number of aromatic hydroxyl groups is 1. The second-order valence-corrected chi connectivity index (χ2v) is 6.09. The fourth-order valence-corrected chi connectivity index (χ4v) is 2.75. The summed E-state index contributed by atoms with van der Waals surface area (Å²) in [6, 6.07) is 25.8. The van der Waals surface area contributed by atoms with Crippen LogP contribution in [0, 0.1) is 0 Å². The van der Waals surface area contributed by atoms with Crippen molar-refractivity contribution in [3.8, 4) is 28.7 Å². The third-order valence-electron chi connectivity index (χ3n) is 4.18. The fraction of sp³-hybridized carbons (Fsp3) is 0.0455. The van der Waals surface area contributed by atoms with Crippen molar-refractivity contribution in [2.75, 3.05) is 5.32 Å². The fourth-order valence-electron chi connectivity index (χ4n) is 2.75. The maximum atomic E-state index is 12.1. The number of para-hydroxylation sites is 2. The first-order valence-corrected chi connectivity index (χ1v) is 8.75. The van der Waals surface area contributed by atoms with Gasteiger partial charge in [-0.05, 0) is 48.5 Å². The average molecular weight is 374 g/mol. The summed E-state index contributed by atoms with van der Waals surface area (Å²) < 4.78 is 12.1. The monoisotopic (exact) mass is 374 g/mol. The van der Waals surface area contributed by atoms with Gasteiger partial charge in [-0.15, -0.1) is 0 Å². The zero-order chi connectivity index (χ0) is 19.3. The van der Waals surface area contributed by atoms with E-state index in [1.54, 1.807) is 24.3 Å². The smallest absolute Gasteiger partial charge is 0.423 e. The van der Waals surface area contributed by atoms with Crippen LogP contribution in [-0.4, -0.2) is 9.67 Å². The number of nitrogens with one attached hydrogen (secondary N) is 1. The average Bonchev–Trinajstić information content (AvgIpc) is 3.02. The molecule has 0 radical (unpaired) electrons. The summed E-state index contributed by atoms with van der Waals surface area (Å²) in [6.45, 7) is 0.0907. The van der Waals surface area contributed by atoms with E-state index < -0.39 is 5.76 Å². The van der Waals surface area contributed by atoms with Crippen LogP contribution < -0.4 is 15.8 Å². The minimum Gasteiger partial charge on any atom is -0.492 e. The van der Waals surface area contributed by atoms with Crippen LogP contribution >= 0.6 is 0 Å². The van der Waals surface area contributed by atoms with Gasteiger partial charge < -0.3 is 19.6 Å². The molecule has 3 aromatic carbocycles. The van der Waals surface area contributed by atoms with E-state index in [1.165, 1.54) is 0 Å². The van der Waals surface area contributed by atoms with E-state index in [0.29, 0.717) is 11.3 Å². The highest BCUT2D eigenvalue weighted by molar-refractivity contribution is 5.63. The Kier molecular flexibility index (Phi) is 4.84. The first kappa shape index (κ1) is 17.5. The molecule has 0 unspecified atom stereocenters. The molecule has 0 bridgehead atoms. The van der Waals surface area contributed by atoms with E-state index in [2.05, 4.69) is 5.32 Å². The van der Waals surface area contributed by atoms with Gasteiger partial charge in [0.25, 0.3) is 0 Å². The Balaban J connectivity index is 1.52.